The van der Waals surface area contributed by atoms with Gasteiger partial charge in [0.05, 0.1) is 0 Å². The third-order valence-corrected chi connectivity index (χ3v) is 0.512. The van der Waals surface area contributed by atoms with Gasteiger partial charge in [-0.1, -0.05) is 13.3 Å². The van der Waals surface area contributed by atoms with Crippen molar-refractivity contribution in [2.75, 3.05) is 6.61 Å². The van der Waals surface area contributed by atoms with Gasteiger partial charge in [-0.25, -0.2) is 0 Å². The van der Waals surface area contributed by atoms with Crippen LogP contribution in [-0.2, 0) is 10.4 Å². The number of rotatable bonds is 2. The summed E-state index contributed by atoms with van der Waals surface area (Å²) >= 11 is 0. The van der Waals surface area contributed by atoms with Crippen LogP contribution in [0.1, 0.15) is 19.8 Å². The van der Waals surface area contributed by atoms with Crippen molar-refractivity contribution in [3.05, 3.63) is 0 Å². The Kier molecular flexibility index (Phi) is 19.1. The molecule has 0 aliphatic carbocycles. The Morgan fingerprint density at radius 3 is 1.55 bits per heavy atom. The quantitative estimate of drug-likeness (QED) is 0.423. The van der Waals surface area contributed by atoms with E-state index in [1.807, 2.05) is 0 Å². The molecule has 0 aromatic heterocycles. The van der Waals surface area contributed by atoms with Gasteiger partial charge in [-0.05, 0) is 6.42 Å². The van der Waals surface area contributed by atoms with Crippen molar-refractivity contribution in [2.24, 2.45) is 0 Å². The summed E-state index contributed by atoms with van der Waals surface area (Å²) in [6.07, 6.45) is 2.04. The molecule has 0 heterocycles. The van der Waals surface area contributed by atoms with Crippen molar-refractivity contribution < 1.29 is 22.6 Å². The zero-order chi connectivity index (χ0) is 8.62. The molecule has 3 N–H and O–H groups in total. The molecule has 0 fully saturated rings. The minimum atomic E-state index is -4.67. The SMILES string of the molecule is CCCCO.O=S(=O)(O)O.[KH]. The van der Waals surface area contributed by atoms with Crippen molar-refractivity contribution >= 4 is 61.8 Å². The van der Waals surface area contributed by atoms with E-state index in [0.29, 0.717) is 6.61 Å². The molecule has 0 rings (SSSR count). The number of hydrogen-bond acceptors (Lipinski definition) is 3. The van der Waals surface area contributed by atoms with Crippen LogP contribution in [0.5, 0.6) is 0 Å². The first-order chi connectivity index (χ1) is 4.41. The van der Waals surface area contributed by atoms with Crippen molar-refractivity contribution in [1.29, 1.82) is 0 Å². The second kappa shape index (κ2) is 11.5. The van der Waals surface area contributed by atoms with Crippen LogP contribution >= 0.6 is 0 Å². The Labute approximate surface area is 109 Å². The summed E-state index contributed by atoms with van der Waals surface area (Å²) in [5, 5.41) is 8.07. The summed E-state index contributed by atoms with van der Waals surface area (Å²) in [5.41, 5.74) is 0. The van der Waals surface area contributed by atoms with Gasteiger partial charge >= 0.3 is 61.8 Å². The van der Waals surface area contributed by atoms with E-state index in [2.05, 4.69) is 6.92 Å². The van der Waals surface area contributed by atoms with Crippen molar-refractivity contribution in [3.8, 4) is 0 Å². The topological polar surface area (TPSA) is 94.8 Å². The molecule has 7 heteroatoms. The molecule has 0 aromatic carbocycles. The van der Waals surface area contributed by atoms with E-state index in [-0.39, 0.29) is 51.4 Å². The first-order valence-corrected chi connectivity index (χ1v) is 4.12. The van der Waals surface area contributed by atoms with Gasteiger partial charge in [0.25, 0.3) is 0 Å². The van der Waals surface area contributed by atoms with Gasteiger partial charge in [-0.2, -0.15) is 8.42 Å². The molecule has 0 amide bonds. The maximum absolute atomic E-state index is 8.74. The minimum absolute atomic E-state index is 0. The molecule has 0 unspecified atom stereocenters. The predicted molar refractivity (Wildman–Crippen MR) is 43.3 cm³/mol. The van der Waals surface area contributed by atoms with E-state index >= 15 is 0 Å². The first kappa shape index (κ1) is 18.3. The predicted octanol–water partition coefficient (Wildman–Crippen LogP) is -0.522. The molecule has 66 valence electrons. The van der Waals surface area contributed by atoms with E-state index in [9.17, 15) is 0 Å². The van der Waals surface area contributed by atoms with Gasteiger partial charge in [0.1, 0.15) is 0 Å². The van der Waals surface area contributed by atoms with Crippen LogP contribution in [-0.4, -0.2) is 80.6 Å². The second-order valence-corrected chi connectivity index (χ2v) is 2.42. The Morgan fingerprint density at radius 1 is 1.27 bits per heavy atom. The number of hydrogen-bond donors (Lipinski definition) is 3. The van der Waals surface area contributed by atoms with Gasteiger partial charge in [0.15, 0.2) is 0 Å². The van der Waals surface area contributed by atoms with E-state index < -0.39 is 10.4 Å². The molecule has 0 atom stereocenters. The molecule has 0 aliphatic rings. The van der Waals surface area contributed by atoms with Gasteiger partial charge in [0.2, 0.25) is 0 Å². The zero-order valence-electron chi connectivity index (χ0n) is 5.69. The standard InChI is InChI=1S/C4H10O.K.H2O4S.H/c1-2-3-4-5;;1-5(2,3)4;/h5H,2-4H2,1H3;;(H2,1,2,3,4);. The second-order valence-electron chi connectivity index (χ2n) is 1.52. The van der Waals surface area contributed by atoms with Gasteiger partial charge in [-0.3, -0.25) is 9.11 Å². The number of aliphatic hydroxyl groups excluding tert-OH is 1. The summed E-state index contributed by atoms with van der Waals surface area (Å²) in [6.45, 7) is 2.40. The van der Waals surface area contributed by atoms with E-state index in [1.54, 1.807) is 0 Å². The Bertz CT molecular complexity index is 133. The Balaban J connectivity index is -0.000000107. The van der Waals surface area contributed by atoms with E-state index in [1.165, 1.54) is 0 Å². The summed E-state index contributed by atoms with van der Waals surface area (Å²) < 4.78 is 31.6. The van der Waals surface area contributed by atoms with E-state index in [0.717, 1.165) is 12.8 Å². The summed E-state index contributed by atoms with van der Waals surface area (Å²) in [6, 6.07) is 0. The molecule has 0 aliphatic heterocycles. The molecule has 0 radical (unpaired) electrons. The van der Waals surface area contributed by atoms with Crippen molar-refractivity contribution in [2.45, 2.75) is 19.8 Å². The van der Waals surface area contributed by atoms with Crippen molar-refractivity contribution in [3.63, 3.8) is 0 Å². The molecule has 0 saturated carbocycles. The van der Waals surface area contributed by atoms with Crippen LogP contribution in [0.2, 0.25) is 0 Å². The van der Waals surface area contributed by atoms with Crippen LogP contribution in [0, 0.1) is 0 Å². The first-order valence-electron chi connectivity index (χ1n) is 2.72. The normalized spacial score (nSPS) is 9.09. The number of unbranched alkanes of at least 4 members (excludes halogenated alkanes) is 1. The molecule has 0 spiro atoms. The average molecular weight is 212 g/mol. The van der Waals surface area contributed by atoms with Crippen LogP contribution in [0.15, 0.2) is 0 Å². The van der Waals surface area contributed by atoms with Crippen molar-refractivity contribution in [1.82, 2.24) is 0 Å². The van der Waals surface area contributed by atoms with Crippen LogP contribution in [0.25, 0.3) is 0 Å². The zero-order valence-corrected chi connectivity index (χ0v) is 6.50. The third kappa shape index (κ3) is 85.5. The Morgan fingerprint density at radius 2 is 1.55 bits per heavy atom. The fourth-order valence-corrected chi connectivity index (χ4v) is 0.158. The molecule has 5 nitrogen and oxygen atoms in total. The monoisotopic (exact) mass is 212 g/mol. The molecular weight excluding hydrogens is 199 g/mol. The van der Waals surface area contributed by atoms with E-state index in [4.69, 9.17) is 22.6 Å². The summed E-state index contributed by atoms with van der Waals surface area (Å²) in [5.74, 6) is 0. The van der Waals surface area contributed by atoms with Crippen LogP contribution in [0.3, 0.4) is 0 Å². The third-order valence-electron chi connectivity index (χ3n) is 0.512. The molecule has 0 bridgehead atoms. The maximum atomic E-state index is 8.74. The molecule has 0 aromatic rings. The van der Waals surface area contributed by atoms with Crippen LogP contribution in [0.4, 0.5) is 0 Å². The Hall–Kier alpha value is 1.47. The fraction of sp³-hybridized carbons (Fsp3) is 1.00. The molecular formula is C4H13KO5S. The fourth-order valence-electron chi connectivity index (χ4n) is 0.158. The van der Waals surface area contributed by atoms with Gasteiger partial charge < -0.3 is 5.11 Å². The molecule has 0 saturated heterocycles. The molecule has 11 heavy (non-hydrogen) atoms. The van der Waals surface area contributed by atoms with Crippen LogP contribution < -0.4 is 0 Å². The summed E-state index contributed by atoms with van der Waals surface area (Å²) in [4.78, 5) is 0. The number of aliphatic hydroxyl groups is 1. The summed E-state index contributed by atoms with van der Waals surface area (Å²) in [7, 11) is -4.67. The van der Waals surface area contributed by atoms with Gasteiger partial charge in [-0.15, -0.1) is 0 Å². The van der Waals surface area contributed by atoms with Gasteiger partial charge in [0, 0.05) is 6.61 Å². The average Bonchev–Trinajstić information content (AvgIpc) is 1.63.